The van der Waals surface area contributed by atoms with Crippen LogP contribution >= 0.6 is 0 Å². The van der Waals surface area contributed by atoms with E-state index in [4.69, 9.17) is 0 Å². The molecule has 0 spiro atoms. The predicted octanol–water partition coefficient (Wildman–Crippen LogP) is 3.53. The van der Waals surface area contributed by atoms with Crippen LogP contribution in [0.3, 0.4) is 0 Å². The fourth-order valence-corrected chi connectivity index (χ4v) is 2.32. The first-order chi connectivity index (χ1) is 11.4. The average Bonchev–Trinajstić information content (AvgIpc) is 2.54. The molecule has 2 N–H and O–H groups in total. The minimum atomic E-state index is -0.766. The third-order valence-electron chi connectivity index (χ3n) is 3.65. The van der Waals surface area contributed by atoms with Gasteiger partial charge in [-0.25, -0.2) is 4.39 Å². The maximum Gasteiger partial charge on any atom is 0.251 e. The molecular formula is C19H21FN2O2. The molecule has 1 atom stereocenters. The second kappa shape index (κ2) is 7.73. The Balaban J connectivity index is 2.13. The molecule has 0 heterocycles. The van der Waals surface area contributed by atoms with Crippen molar-refractivity contribution in [1.82, 2.24) is 5.32 Å². The summed E-state index contributed by atoms with van der Waals surface area (Å²) in [7, 11) is 0. The number of rotatable bonds is 5. The first-order valence-electron chi connectivity index (χ1n) is 7.81. The van der Waals surface area contributed by atoms with Crippen molar-refractivity contribution in [2.24, 2.45) is 5.92 Å². The van der Waals surface area contributed by atoms with E-state index in [-0.39, 0.29) is 17.5 Å². The highest BCUT2D eigenvalue weighted by molar-refractivity contribution is 6.01. The molecule has 1 unspecified atom stereocenters. The Labute approximate surface area is 141 Å². The zero-order chi connectivity index (χ0) is 17.7. The standard InChI is InChI=1S/C19H21FN2O2/c1-12(2)17(19(24)21-16-10-5-4-9-15(16)20)22-18(23)14-8-6-7-13(3)11-14/h4-12,17H,1-3H3,(H,21,24)(H,22,23). The van der Waals surface area contributed by atoms with Crippen molar-refractivity contribution in [2.75, 3.05) is 5.32 Å². The summed E-state index contributed by atoms with van der Waals surface area (Å²) in [5.74, 6) is -1.44. The van der Waals surface area contributed by atoms with E-state index in [0.717, 1.165) is 5.56 Å². The van der Waals surface area contributed by atoms with Crippen LogP contribution in [0, 0.1) is 18.7 Å². The van der Waals surface area contributed by atoms with Gasteiger partial charge in [0.1, 0.15) is 11.9 Å². The largest absolute Gasteiger partial charge is 0.340 e. The van der Waals surface area contributed by atoms with Crippen LogP contribution < -0.4 is 10.6 Å². The van der Waals surface area contributed by atoms with Crippen LogP contribution in [0.5, 0.6) is 0 Å². The lowest BCUT2D eigenvalue weighted by Crippen LogP contribution is -2.47. The van der Waals surface area contributed by atoms with E-state index >= 15 is 0 Å². The van der Waals surface area contributed by atoms with Gasteiger partial charge in [0.2, 0.25) is 5.91 Å². The number of anilines is 1. The van der Waals surface area contributed by atoms with Gasteiger partial charge in [-0.1, -0.05) is 43.7 Å². The van der Waals surface area contributed by atoms with Gasteiger partial charge in [-0.15, -0.1) is 0 Å². The van der Waals surface area contributed by atoms with E-state index in [0.29, 0.717) is 5.56 Å². The van der Waals surface area contributed by atoms with E-state index in [1.165, 1.54) is 12.1 Å². The van der Waals surface area contributed by atoms with Crippen LogP contribution in [-0.2, 0) is 4.79 Å². The zero-order valence-electron chi connectivity index (χ0n) is 14.0. The number of halogens is 1. The lowest BCUT2D eigenvalue weighted by Gasteiger charge is -2.22. The quantitative estimate of drug-likeness (QED) is 0.882. The first-order valence-corrected chi connectivity index (χ1v) is 7.81. The minimum Gasteiger partial charge on any atom is -0.340 e. The van der Waals surface area contributed by atoms with Crippen LogP contribution in [0.2, 0.25) is 0 Å². The fraction of sp³-hybridized carbons (Fsp3) is 0.263. The molecule has 0 radical (unpaired) electrons. The summed E-state index contributed by atoms with van der Waals surface area (Å²) in [5, 5.41) is 5.26. The minimum absolute atomic E-state index is 0.0953. The van der Waals surface area contributed by atoms with Crippen LogP contribution in [0.15, 0.2) is 48.5 Å². The summed E-state index contributed by atoms with van der Waals surface area (Å²) < 4.78 is 13.7. The molecule has 4 nitrogen and oxygen atoms in total. The molecule has 0 aromatic heterocycles. The lowest BCUT2D eigenvalue weighted by atomic mass is 10.0. The summed E-state index contributed by atoms with van der Waals surface area (Å²) in [6.45, 7) is 5.53. The van der Waals surface area contributed by atoms with Gasteiger partial charge in [0.25, 0.3) is 5.91 Å². The average molecular weight is 328 g/mol. The summed E-state index contributed by atoms with van der Waals surface area (Å²) in [5.41, 5.74) is 1.54. The van der Waals surface area contributed by atoms with E-state index in [2.05, 4.69) is 10.6 Å². The topological polar surface area (TPSA) is 58.2 Å². The summed E-state index contributed by atoms with van der Waals surface area (Å²) in [6, 6.07) is 12.3. The number of aryl methyl sites for hydroxylation is 1. The molecule has 0 bridgehead atoms. The molecule has 5 heteroatoms. The maximum atomic E-state index is 13.7. The van der Waals surface area contributed by atoms with Crippen LogP contribution in [0.1, 0.15) is 29.8 Å². The SMILES string of the molecule is Cc1cccc(C(=O)NC(C(=O)Nc2ccccc2F)C(C)C)c1. The Morgan fingerprint density at radius 3 is 2.38 bits per heavy atom. The summed E-state index contributed by atoms with van der Waals surface area (Å²) >= 11 is 0. The van der Waals surface area contributed by atoms with E-state index in [1.807, 2.05) is 26.8 Å². The summed E-state index contributed by atoms with van der Waals surface area (Å²) in [6.07, 6.45) is 0. The third-order valence-corrected chi connectivity index (χ3v) is 3.65. The smallest absolute Gasteiger partial charge is 0.251 e. The van der Waals surface area contributed by atoms with Crippen molar-refractivity contribution < 1.29 is 14.0 Å². The van der Waals surface area contributed by atoms with Crippen molar-refractivity contribution >= 4 is 17.5 Å². The second-order valence-corrected chi connectivity index (χ2v) is 6.03. The van der Waals surface area contributed by atoms with E-state index < -0.39 is 17.8 Å². The number of nitrogens with one attached hydrogen (secondary N) is 2. The van der Waals surface area contributed by atoms with Gasteiger partial charge in [-0.2, -0.15) is 0 Å². The number of para-hydroxylation sites is 1. The lowest BCUT2D eigenvalue weighted by molar-refractivity contribution is -0.118. The molecular weight excluding hydrogens is 307 g/mol. The molecule has 2 aromatic rings. The number of hydrogen-bond donors (Lipinski definition) is 2. The molecule has 0 saturated heterocycles. The van der Waals surface area contributed by atoms with Crippen LogP contribution in [-0.4, -0.2) is 17.9 Å². The number of carbonyl (C=O) groups excluding carboxylic acids is 2. The molecule has 126 valence electrons. The monoisotopic (exact) mass is 328 g/mol. The number of hydrogen-bond acceptors (Lipinski definition) is 2. The van der Waals surface area contributed by atoms with Crippen molar-refractivity contribution in [3.63, 3.8) is 0 Å². The molecule has 0 fully saturated rings. The Morgan fingerprint density at radius 2 is 1.75 bits per heavy atom. The van der Waals surface area contributed by atoms with Crippen LogP contribution in [0.25, 0.3) is 0 Å². The summed E-state index contributed by atoms with van der Waals surface area (Å²) in [4.78, 5) is 24.8. The molecule has 2 aromatic carbocycles. The highest BCUT2D eigenvalue weighted by atomic mass is 19.1. The van der Waals surface area contributed by atoms with Crippen LogP contribution in [0.4, 0.5) is 10.1 Å². The van der Waals surface area contributed by atoms with Gasteiger partial charge in [-0.05, 0) is 37.1 Å². The highest BCUT2D eigenvalue weighted by Crippen LogP contribution is 2.14. The van der Waals surface area contributed by atoms with Crippen molar-refractivity contribution in [1.29, 1.82) is 0 Å². The number of carbonyl (C=O) groups is 2. The van der Waals surface area contributed by atoms with Gasteiger partial charge in [-0.3, -0.25) is 9.59 Å². The predicted molar refractivity (Wildman–Crippen MR) is 92.3 cm³/mol. The Kier molecular flexibility index (Phi) is 5.68. The van der Waals surface area contributed by atoms with E-state index in [1.54, 1.807) is 30.3 Å². The first kappa shape index (κ1) is 17.7. The third kappa shape index (κ3) is 4.41. The van der Waals surface area contributed by atoms with Gasteiger partial charge in [0, 0.05) is 5.56 Å². The molecule has 0 aliphatic carbocycles. The van der Waals surface area contributed by atoms with Gasteiger partial charge < -0.3 is 10.6 Å². The zero-order valence-corrected chi connectivity index (χ0v) is 14.0. The van der Waals surface area contributed by atoms with Crippen molar-refractivity contribution in [2.45, 2.75) is 26.8 Å². The second-order valence-electron chi connectivity index (χ2n) is 6.03. The molecule has 2 rings (SSSR count). The number of amides is 2. The number of benzene rings is 2. The Morgan fingerprint density at radius 1 is 1.04 bits per heavy atom. The Bertz CT molecular complexity index is 744. The van der Waals surface area contributed by atoms with Gasteiger partial charge in [0.05, 0.1) is 5.69 Å². The molecule has 0 aliphatic rings. The maximum absolute atomic E-state index is 13.7. The normalized spacial score (nSPS) is 11.9. The van der Waals surface area contributed by atoms with E-state index in [9.17, 15) is 14.0 Å². The van der Waals surface area contributed by atoms with Crippen molar-refractivity contribution in [3.8, 4) is 0 Å². The molecule has 0 saturated carbocycles. The molecule has 24 heavy (non-hydrogen) atoms. The molecule has 2 amide bonds. The van der Waals surface area contributed by atoms with Gasteiger partial charge in [0.15, 0.2) is 0 Å². The highest BCUT2D eigenvalue weighted by Gasteiger charge is 2.25. The van der Waals surface area contributed by atoms with Crippen molar-refractivity contribution in [3.05, 3.63) is 65.5 Å². The Hall–Kier alpha value is -2.69. The fourth-order valence-electron chi connectivity index (χ4n) is 2.32. The molecule has 0 aliphatic heterocycles. The van der Waals surface area contributed by atoms with Gasteiger partial charge >= 0.3 is 0 Å².